The first-order valence-electron chi connectivity index (χ1n) is 4.96. The summed E-state index contributed by atoms with van der Waals surface area (Å²) < 4.78 is 5.08. The quantitative estimate of drug-likeness (QED) is 0.744. The normalized spacial score (nSPS) is 20.6. The van der Waals surface area contributed by atoms with E-state index in [2.05, 4.69) is 19.2 Å². The minimum Gasteiger partial charge on any atom is -0.494 e. The predicted octanol–water partition coefficient (Wildman–Crippen LogP) is 1.97. The van der Waals surface area contributed by atoms with Gasteiger partial charge in [0.2, 0.25) is 0 Å². The average molecular weight is 195 g/mol. The second kappa shape index (κ2) is 4.84. The molecule has 0 fully saturated rings. The van der Waals surface area contributed by atoms with Crippen LogP contribution in [0.2, 0.25) is 0 Å². The van der Waals surface area contributed by atoms with Crippen molar-refractivity contribution in [1.29, 1.82) is 0 Å². The second-order valence-corrected chi connectivity index (χ2v) is 3.55. The lowest BCUT2D eigenvalue weighted by atomic mass is 10.0. The van der Waals surface area contributed by atoms with Gasteiger partial charge in [0.25, 0.3) is 5.91 Å². The monoisotopic (exact) mass is 195 g/mol. The van der Waals surface area contributed by atoms with Crippen LogP contribution in [-0.2, 0) is 9.53 Å². The molecule has 1 heterocycles. The van der Waals surface area contributed by atoms with E-state index in [4.69, 9.17) is 4.74 Å². The van der Waals surface area contributed by atoms with Crippen molar-refractivity contribution >= 4 is 5.91 Å². The van der Waals surface area contributed by atoms with Gasteiger partial charge in [0.05, 0.1) is 12.8 Å². The number of hydrogen-bond acceptors (Lipinski definition) is 2. The van der Waals surface area contributed by atoms with Crippen LogP contribution < -0.4 is 5.32 Å². The largest absolute Gasteiger partial charge is 0.494 e. The molecule has 1 N–H and O–H groups in total. The number of rotatable bonds is 4. The number of carbonyl (C=O) groups excluding carboxylic acids is 1. The van der Waals surface area contributed by atoms with Crippen LogP contribution in [0.4, 0.5) is 0 Å². The second-order valence-electron chi connectivity index (χ2n) is 3.55. The molecule has 78 valence electrons. The van der Waals surface area contributed by atoms with E-state index in [-0.39, 0.29) is 5.91 Å². The molecule has 1 atom stereocenters. The van der Waals surface area contributed by atoms with E-state index in [9.17, 15) is 4.79 Å². The summed E-state index contributed by atoms with van der Waals surface area (Å²) >= 11 is 0. The van der Waals surface area contributed by atoms with Gasteiger partial charge in [-0.3, -0.25) is 4.79 Å². The van der Waals surface area contributed by atoms with Crippen LogP contribution >= 0.6 is 0 Å². The van der Waals surface area contributed by atoms with Crippen molar-refractivity contribution in [2.45, 2.75) is 26.7 Å². The zero-order valence-electron chi connectivity index (χ0n) is 8.96. The Balaban J connectivity index is 2.69. The summed E-state index contributed by atoms with van der Waals surface area (Å²) in [5.74, 6) is 1.00. The zero-order chi connectivity index (χ0) is 10.6. The van der Waals surface area contributed by atoms with Crippen LogP contribution in [-0.4, -0.2) is 13.0 Å². The summed E-state index contributed by atoms with van der Waals surface area (Å²) in [5.41, 5.74) is 0.804. The Kier molecular flexibility index (Phi) is 3.74. The molecule has 0 saturated carbocycles. The van der Waals surface area contributed by atoms with Gasteiger partial charge in [-0.25, -0.2) is 0 Å². The smallest absolute Gasteiger partial charge is 0.252 e. The van der Waals surface area contributed by atoms with Crippen molar-refractivity contribution in [3.8, 4) is 0 Å². The maximum atomic E-state index is 11.1. The third-order valence-corrected chi connectivity index (χ3v) is 2.20. The predicted molar refractivity (Wildman–Crippen MR) is 55.4 cm³/mol. The van der Waals surface area contributed by atoms with E-state index in [1.807, 2.05) is 6.08 Å². The molecule has 14 heavy (non-hydrogen) atoms. The summed E-state index contributed by atoms with van der Waals surface area (Å²) in [6, 6.07) is 0. The van der Waals surface area contributed by atoms with E-state index < -0.39 is 0 Å². The summed E-state index contributed by atoms with van der Waals surface area (Å²) in [5, 5.41) is 2.75. The van der Waals surface area contributed by atoms with Crippen molar-refractivity contribution in [3.05, 3.63) is 23.6 Å². The van der Waals surface area contributed by atoms with Gasteiger partial charge in [0.1, 0.15) is 5.76 Å². The highest BCUT2D eigenvalue weighted by Crippen LogP contribution is 2.18. The highest BCUT2D eigenvalue weighted by molar-refractivity contribution is 5.94. The number of allylic oxidation sites excluding steroid dienone is 1. The van der Waals surface area contributed by atoms with Crippen molar-refractivity contribution in [3.63, 3.8) is 0 Å². The van der Waals surface area contributed by atoms with Gasteiger partial charge in [-0.15, -0.1) is 0 Å². The van der Waals surface area contributed by atoms with Gasteiger partial charge in [0, 0.05) is 6.08 Å². The van der Waals surface area contributed by atoms with Crippen molar-refractivity contribution in [1.82, 2.24) is 5.32 Å². The molecule has 1 unspecified atom stereocenters. The molecule has 0 bridgehead atoms. The molecule has 1 aliphatic rings. The van der Waals surface area contributed by atoms with Crippen LogP contribution in [0.5, 0.6) is 0 Å². The molecule has 0 aromatic heterocycles. The van der Waals surface area contributed by atoms with E-state index in [0.29, 0.717) is 11.7 Å². The zero-order valence-corrected chi connectivity index (χ0v) is 8.96. The number of methoxy groups -OCH3 is 1. The van der Waals surface area contributed by atoms with Gasteiger partial charge in [0.15, 0.2) is 0 Å². The highest BCUT2D eigenvalue weighted by Gasteiger charge is 2.18. The Hall–Kier alpha value is -1.25. The number of amides is 1. The number of nitrogens with one attached hydrogen (secondary N) is 1. The van der Waals surface area contributed by atoms with Gasteiger partial charge in [-0.1, -0.05) is 26.3 Å². The Bertz CT molecular complexity index is 279. The molecular weight excluding hydrogens is 178 g/mol. The SMILES string of the molecule is CCCC(C)/C=C1\NC(=O)C=C1OC. The maximum Gasteiger partial charge on any atom is 0.252 e. The van der Waals surface area contributed by atoms with E-state index in [1.165, 1.54) is 6.08 Å². The lowest BCUT2D eigenvalue weighted by molar-refractivity contribution is -0.115. The first-order valence-corrected chi connectivity index (χ1v) is 4.96. The average Bonchev–Trinajstić information content (AvgIpc) is 2.46. The lowest BCUT2D eigenvalue weighted by Crippen LogP contribution is -2.14. The fourth-order valence-corrected chi connectivity index (χ4v) is 1.54. The number of carbonyl (C=O) groups is 1. The summed E-state index contributed by atoms with van der Waals surface area (Å²) in [6.45, 7) is 4.28. The fourth-order valence-electron chi connectivity index (χ4n) is 1.54. The Morgan fingerprint density at radius 1 is 1.64 bits per heavy atom. The summed E-state index contributed by atoms with van der Waals surface area (Å²) in [4.78, 5) is 11.1. The molecule has 0 aromatic rings. The summed E-state index contributed by atoms with van der Waals surface area (Å²) in [6.07, 6.45) is 5.79. The molecule has 0 saturated heterocycles. The fraction of sp³-hybridized carbons (Fsp3) is 0.545. The Morgan fingerprint density at radius 2 is 2.36 bits per heavy atom. The number of ether oxygens (including phenoxy) is 1. The van der Waals surface area contributed by atoms with Crippen LogP contribution in [0.1, 0.15) is 26.7 Å². The van der Waals surface area contributed by atoms with Gasteiger partial charge >= 0.3 is 0 Å². The van der Waals surface area contributed by atoms with Gasteiger partial charge in [-0.2, -0.15) is 0 Å². The van der Waals surface area contributed by atoms with Crippen molar-refractivity contribution in [2.24, 2.45) is 5.92 Å². The van der Waals surface area contributed by atoms with Crippen LogP contribution in [0, 0.1) is 5.92 Å². The van der Waals surface area contributed by atoms with Crippen LogP contribution in [0.3, 0.4) is 0 Å². The van der Waals surface area contributed by atoms with Crippen molar-refractivity contribution in [2.75, 3.05) is 7.11 Å². The molecule has 0 radical (unpaired) electrons. The lowest BCUT2D eigenvalue weighted by Gasteiger charge is -2.08. The van der Waals surface area contributed by atoms with E-state index in [1.54, 1.807) is 7.11 Å². The Morgan fingerprint density at radius 3 is 2.93 bits per heavy atom. The third kappa shape index (κ3) is 2.62. The highest BCUT2D eigenvalue weighted by atomic mass is 16.5. The van der Waals surface area contributed by atoms with Crippen LogP contribution in [0.25, 0.3) is 0 Å². The minimum atomic E-state index is -0.100. The number of hydrogen-bond donors (Lipinski definition) is 1. The molecule has 1 aliphatic heterocycles. The summed E-state index contributed by atoms with van der Waals surface area (Å²) in [7, 11) is 1.57. The molecule has 1 amide bonds. The first-order chi connectivity index (χ1) is 6.67. The molecule has 1 rings (SSSR count). The van der Waals surface area contributed by atoms with E-state index >= 15 is 0 Å². The van der Waals surface area contributed by atoms with Gasteiger partial charge in [-0.05, 0) is 12.3 Å². The third-order valence-electron chi connectivity index (χ3n) is 2.20. The molecular formula is C11H17NO2. The molecule has 0 spiro atoms. The van der Waals surface area contributed by atoms with Gasteiger partial charge < -0.3 is 10.1 Å². The Labute approximate surface area is 84.8 Å². The maximum absolute atomic E-state index is 11.1. The molecule has 3 nitrogen and oxygen atoms in total. The van der Waals surface area contributed by atoms with Crippen LogP contribution in [0.15, 0.2) is 23.6 Å². The minimum absolute atomic E-state index is 0.100. The molecule has 3 heteroatoms. The standard InChI is InChI=1S/C11H17NO2/c1-4-5-8(2)6-9-10(14-3)7-11(13)12-9/h6-8H,4-5H2,1-3H3,(H,12,13)/b9-6-. The molecule has 0 aromatic carbocycles. The first kappa shape index (κ1) is 10.8. The molecule has 0 aliphatic carbocycles. The topological polar surface area (TPSA) is 38.3 Å². The van der Waals surface area contributed by atoms with E-state index in [0.717, 1.165) is 18.5 Å². The van der Waals surface area contributed by atoms with Crippen molar-refractivity contribution < 1.29 is 9.53 Å².